The number of nitrogens with zero attached hydrogens (tertiary/aromatic N) is 1. The van der Waals surface area contributed by atoms with E-state index in [0.717, 1.165) is 12.8 Å². The fourth-order valence-electron chi connectivity index (χ4n) is 3.53. The Kier molecular flexibility index (Phi) is 6.57. The van der Waals surface area contributed by atoms with Gasteiger partial charge in [0.05, 0.1) is 18.1 Å². The third-order valence-corrected chi connectivity index (χ3v) is 5.11. The normalized spacial score (nSPS) is 25.6. The second-order valence-electron chi connectivity index (χ2n) is 6.30. The molecule has 2 bridgehead atoms. The van der Waals surface area contributed by atoms with Crippen LogP contribution < -0.4 is 10.1 Å². The first kappa shape index (κ1) is 18.4. The number of amides is 1. The first-order valence-corrected chi connectivity index (χ1v) is 8.40. The number of nitrogens with one attached hydrogen (secondary N) is 1. The highest BCUT2D eigenvalue weighted by atomic mass is 35.5. The molecule has 1 aromatic carbocycles. The molecule has 1 aromatic rings. The van der Waals surface area contributed by atoms with E-state index in [-0.39, 0.29) is 18.3 Å². The Hall–Kier alpha value is -0.970. The summed E-state index contributed by atoms with van der Waals surface area (Å²) in [7, 11) is 1.92. The summed E-state index contributed by atoms with van der Waals surface area (Å²) in [5.74, 6) is 0.790. The number of carbonyl (C=O) groups excluding carboxylic acids is 1. The van der Waals surface area contributed by atoms with Crippen molar-refractivity contribution in [3.8, 4) is 5.75 Å². The third kappa shape index (κ3) is 4.52. The van der Waals surface area contributed by atoms with E-state index < -0.39 is 0 Å². The monoisotopic (exact) mass is 358 g/mol. The molecule has 2 heterocycles. The maximum Gasteiger partial charge on any atom is 0.225 e. The highest BCUT2D eigenvalue weighted by Crippen LogP contribution is 2.29. The predicted octanol–water partition coefficient (Wildman–Crippen LogP) is 3.27. The van der Waals surface area contributed by atoms with Crippen LogP contribution in [0, 0.1) is 0 Å². The minimum atomic E-state index is 0. The van der Waals surface area contributed by atoms with Crippen LogP contribution in [0.1, 0.15) is 32.1 Å². The molecule has 4 nitrogen and oxygen atoms in total. The fourth-order valence-corrected chi connectivity index (χ4v) is 3.72. The summed E-state index contributed by atoms with van der Waals surface area (Å²) in [6.45, 7) is 0.366. The van der Waals surface area contributed by atoms with Crippen LogP contribution >= 0.6 is 24.0 Å². The van der Waals surface area contributed by atoms with Crippen molar-refractivity contribution >= 4 is 29.9 Å². The lowest BCUT2D eigenvalue weighted by molar-refractivity contribution is -0.133. The molecule has 0 aromatic heterocycles. The van der Waals surface area contributed by atoms with Crippen molar-refractivity contribution in [1.29, 1.82) is 0 Å². The first-order chi connectivity index (χ1) is 10.6. The van der Waals surface area contributed by atoms with Gasteiger partial charge < -0.3 is 15.0 Å². The fraction of sp³-hybridized carbons (Fsp3) is 0.588. The number of hydrogen-bond donors (Lipinski definition) is 1. The summed E-state index contributed by atoms with van der Waals surface area (Å²) in [6, 6.07) is 8.90. The second kappa shape index (κ2) is 8.22. The lowest BCUT2D eigenvalue weighted by Crippen LogP contribution is -2.48. The van der Waals surface area contributed by atoms with E-state index in [0.29, 0.717) is 41.9 Å². The zero-order valence-electron chi connectivity index (χ0n) is 13.3. The lowest BCUT2D eigenvalue weighted by Gasteiger charge is -2.35. The molecule has 23 heavy (non-hydrogen) atoms. The lowest BCUT2D eigenvalue weighted by atomic mass is 9.98. The summed E-state index contributed by atoms with van der Waals surface area (Å²) >= 11 is 6.04. The molecule has 2 unspecified atom stereocenters. The molecule has 2 saturated heterocycles. The van der Waals surface area contributed by atoms with Crippen molar-refractivity contribution in [1.82, 2.24) is 10.2 Å². The Morgan fingerprint density at radius 2 is 1.96 bits per heavy atom. The predicted molar refractivity (Wildman–Crippen MR) is 94.5 cm³/mol. The summed E-state index contributed by atoms with van der Waals surface area (Å²) in [5.41, 5.74) is 0. The van der Waals surface area contributed by atoms with Crippen molar-refractivity contribution in [3.63, 3.8) is 0 Å². The molecular formula is C17H24Cl2N2O2. The van der Waals surface area contributed by atoms with Gasteiger partial charge in [0.2, 0.25) is 5.91 Å². The number of carbonyl (C=O) groups is 1. The SMILES string of the molecule is CN(C(=O)CCOc1ccccc1Cl)C1CC2CCC(C1)N2.Cl. The number of fused-ring (bicyclic) bond motifs is 2. The highest BCUT2D eigenvalue weighted by Gasteiger charge is 2.36. The van der Waals surface area contributed by atoms with Gasteiger partial charge in [-0.2, -0.15) is 0 Å². The van der Waals surface area contributed by atoms with Crippen molar-refractivity contribution in [3.05, 3.63) is 29.3 Å². The Labute approximate surface area is 148 Å². The van der Waals surface area contributed by atoms with E-state index in [1.54, 1.807) is 6.07 Å². The zero-order valence-corrected chi connectivity index (χ0v) is 14.9. The van der Waals surface area contributed by atoms with Crippen molar-refractivity contribution < 1.29 is 9.53 Å². The van der Waals surface area contributed by atoms with Crippen LogP contribution in [0.5, 0.6) is 5.75 Å². The standard InChI is InChI=1S/C17H23ClN2O2.ClH/c1-20(14-10-12-6-7-13(11-14)19-12)17(21)8-9-22-16-5-3-2-4-15(16)18;/h2-5,12-14,19H,6-11H2,1H3;1H. The molecule has 0 saturated carbocycles. The number of piperidine rings is 1. The average molecular weight is 359 g/mol. The number of ether oxygens (including phenoxy) is 1. The summed E-state index contributed by atoms with van der Waals surface area (Å²) < 4.78 is 5.61. The Morgan fingerprint density at radius 1 is 1.30 bits per heavy atom. The molecule has 128 valence electrons. The van der Waals surface area contributed by atoms with Crippen LogP contribution in [-0.2, 0) is 4.79 Å². The van der Waals surface area contributed by atoms with Gasteiger partial charge in [0.15, 0.2) is 0 Å². The third-order valence-electron chi connectivity index (χ3n) is 4.80. The number of para-hydroxylation sites is 1. The molecule has 2 fully saturated rings. The summed E-state index contributed by atoms with van der Waals surface area (Å²) in [5, 5.41) is 4.19. The number of halogens is 2. The van der Waals surface area contributed by atoms with Crippen LogP contribution in [0.25, 0.3) is 0 Å². The average Bonchev–Trinajstić information content (AvgIpc) is 2.86. The topological polar surface area (TPSA) is 41.6 Å². The van der Waals surface area contributed by atoms with Gasteiger partial charge >= 0.3 is 0 Å². The second-order valence-corrected chi connectivity index (χ2v) is 6.70. The van der Waals surface area contributed by atoms with Crippen LogP contribution in [0.2, 0.25) is 5.02 Å². The quantitative estimate of drug-likeness (QED) is 0.877. The van der Waals surface area contributed by atoms with E-state index in [1.807, 2.05) is 30.1 Å². The van der Waals surface area contributed by atoms with E-state index in [2.05, 4.69) is 5.32 Å². The Balaban J connectivity index is 0.00000192. The van der Waals surface area contributed by atoms with Crippen molar-refractivity contribution in [2.45, 2.75) is 50.2 Å². The molecule has 0 aliphatic carbocycles. The van der Waals surface area contributed by atoms with Gasteiger partial charge in [-0.3, -0.25) is 4.79 Å². The molecule has 3 rings (SSSR count). The smallest absolute Gasteiger partial charge is 0.225 e. The van der Waals surface area contributed by atoms with Crippen LogP contribution in [0.15, 0.2) is 24.3 Å². The van der Waals surface area contributed by atoms with Crippen LogP contribution in [-0.4, -0.2) is 42.6 Å². The van der Waals surface area contributed by atoms with Crippen LogP contribution in [0.4, 0.5) is 0 Å². The molecule has 2 aliphatic heterocycles. The maximum atomic E-state index is 12.3. The van der Waals surface area contributed by atoms with E-state index in [9.17, 15) is 4.79 Å². The van der Waals surface area contributed by atoms with E-state index in [1.165, 1.54) is 12.8 Å². The van der Waals surface area contributed by atoms with Gasteiger partial charge in [0.25, 0.3) is 0 Å². The molecule has 0 radical (unpaired) electrons. The molecule has 1 N–H and O–H groups in total. The van der Waals surface area contributed by atoms with Gasteiger partial charge in [0.1, 0.15) is 5.75 Å². The van der Waals surface area contributed by atoms with Gasteiger partial charge in [-0.15, -0.1) is 12.4 Å². The van der Waals surface area contributed by atoms with E-state index >= 15 is 0 Å². The zero-order chi connectivity index (χ0) is 15.5. The van der Waals surface area contributed by atoms with Gasteiger partial charge in [-0.05, 0) is 37.8 Å². The Bertz CT molecular complexity index is 529. The summed E-state index contributed by atoms with van der Waals surface area (Å²) in [4.78, 5) is 14.3. The Morgan fingerprint density at radius 3 is 2.61 bits per heavy atom. The number of benzene rings is 1. The first-order valence-electron chi connectivity index (χ1n) is 8.02. The number of rotatable bonds is 5. The highest BCUT2D eigenvalue weighted by molar-refractivity contribution is 6.32. The van der Waals surface area contributed by atoms with Crippen LogP contribution in [0.3, 0.4) is 0 Å². The minimum Gasteiger partial charge on any atom is -0.491 e. The maximum absolute atomic E-state index is 12.3. The molecule has 2 aliphatic rings. The van der Waals surface area contributed by atoms with E-state index in [4.69, 9.17) is 16.3 Å². The minimum absolute atomic E-state index is 0. The van der Waals surface area contributed by atoms with Gasteiger partial charge in [-0.1, -0.05) is 23.7 Å². The molecular weight excluding hydrogens is 335 g/mol. The molecule has 2 atom stereocenters. The van der Waals surface area contributed by atoms with Gasteiger partial charge in [0, 0.05) is 25.2 Å². The molecule has 0 spiro atoms. The molecule has 6 heteroatoms. The molecule has 1 amide bonds. The van der Waals surface area contributed by atoms with Crippen molar-refractivity contribution in [2.75, 3.05) is 13.7 Å². The number of hydrogen-bond acceptors (Lipinski definition) is 3. The largest absolute Gasteiger partial charge is 0.491 e. The van der Waals surface area contributed by atoms with Gasteiger partial charge in [-0.25, -0.2) is 0 Å². The van der Waals surface area contributed by atoms with Crippen molar-refractivity contribution in [2.24, 2.45) is 0 Å². The summed E-state index contributed by atoms with van der Waals surface area (Å²) in [6.07, 6.45) is 5.03.